The lowest BCUT2D eigenvalue weighted by Crippen LogP contribution is -2.57. The number of nitrogens with one attached hydrogen (secondary N) is 3. The molecule has 306 valence electrons. The molecule has 1 fully saturated rings. The number of rotatable bonds is 18. The van der Waals surface area contributed by atoms with Crippen molar-refractivity contribution in [3.63, 3.8) is 0 Å². The number of carboxylic acid groups (broad SMARTS) is 1. The Kier molecular flexibility index (Phi) is 14.7. The second kappa shape index (κ2) is 19.5. The van der Waals surface area contributed by atoms with Crippen LogP contribution in [0.4, 0.5) is 0 Å². The predicted molar refractivity (Wildman–Crippen MR) is 218 cm³/mol. The number of thiazole rings is 1. The average molecular weight is 801 g/mol. The van der Waals surface area contributed by atoms with Crippen LogP contribution in [0.25, 0.3) is 0 Å². The number of carbonyl (C=O) groups excluding carboxylic acids is 5. The molecule has 5 amide bonds. The van der Waals surface area contributed by atoms with Gasteiger partial charge in [0.15, 0.2) is 0 Å². The number of amides is 5. The molecule has 7 atom stereocenters. The minimum absolute atomic E-state index is 0.0648. The molecule has 57 heavy (non-hydrogen) atoms. The summed E-state index contributed by atoms with van der Waals surface area (Å²) in [5.74, 6) is -4.06. The molecule has 0 saturated carbocycles. The SMILES string of the molecule is CC[C@H](C)[C@H](NC(=O)[C@H]1CCCCN1C)C(=O)N[C@H](C[C@H](c1nc(C(=O)NC(Cc2ccccc2)C[C@H](C)C(=O)O)cs1)N1C(=O)c2ccccc2C1=O)C(C)C. The van der Waals surface area contributed by atoms with Crippen LogP contribution < -0.4 is 16.0 Å². The molecule has 2 aromatic carbocycles. The van der Waals surface area contributed by atoms with Gasteiger partial charge in [0.2, 0.25) is 11.8 Å². The fourth-order valence-corrected chi connectivity index (χ4v) is 8.50. The summed E-state index contributed by atoms with van der Waals surface area (Å²) >= 11 is 1.13. The molecule has 0 aliphatic carbocycles. The number of aromatic nitrogens is 1. The van der Waals surface area contributed by atoms with Crippen molar-refractivity contribution in [1.82, 2.24) is 30.7 Å². The maximum absolute atomic E-state index is 14.2. The Morgan fingerprint density at radius 3 is 2.14 bits per heavy atom. The Balaban J connectivity index is 1.42. The molecule has 4 N–H and O–H groups in total. The number of carboxylic acids is 1. The second-order valence-corrected chi connectivity index (χ2v) is 16.8. The van der Waals surface area contributed by atoms with Crippen molar-refractivity contribution in [2.45, 2.75) is 110 Å². The Labute approximate surface area is 339 Å². The fourth-order valence-electron chi connectivity index (χ4n) is 7.60. The summed E-state index contributed by atoms with van der Waals surface area (Å²) in [5.41, 5.74) is 1.52. The summed E-state index contributed by atoms with van der Waals surface area (Å²) in [6.07, 6.45) is 4.02. The first-order chi connectivity index (χ1) is 27.2. The van der Waals surface area contributed by atoms with Gasteiger partial charge in [0.05, 0.1) is 29.1 Å². The van der Waals surface area contributed by atoms with Gasteiger partial charge >= 0.3 is 5.97 Å². The van der Waals surface area contributed by atoms with Crippen LogP contribution in [0.2, 0.25) is 0 Å². The largest absolute Gasteiger partial charge is 0.481 e. The van der Waals surface area contributed by atoms with Crippen molar-refractivity contribution < 1.29 is 33.9 Å². The molecule has 3 aromatic rings. The maximum atomic E-state index is 14.2. The number of fused-ring (bicyclic) bond motifs is 1. The van der Waals surface area contributed by atoms with Crippen LogP contribution in [0.1, 0.15) is 121 Å². The standard InChI is InChI=1S/C43H56N6O7S/c1-7-26(4)36(47-38(51)34-19-13-14-20-48(34)6)39(52)45-32(25(2)3)23-35(49-41(53)30-17-11-12-18-31(30)42(49)54)40-46-33(24-57-40)37(50)44-29(21-27(5)43(55)56)22-28-15-9-8-10-16-28/h8-12,15-18,24-27,29,32,34-36H,7,13-14,19-23H2,1-6H3,(H,44,50)(H,45,52)(H,47,51)(H,55,56)/t26-,27-,29?,32+,34+,35+,36-/m0/s1. The van der Waals surface area contributed by atoms with E-state index < -0.39 is 53.8 Å². The highest BCUT2D eigenvalue weighted by Crippen LogP contribution is 2.37. The first-order valence-corrected chi connectivity index (χ1v) is 20.9. The lowest BCUT2D eigenvalue weighted by Gasteiger charge is -2.35. The van der Waals surface area contributed by atoms with Crippen molar-refractivity contribution in [1.29, 1.82) is 0 Å². The first kappa shape index (κ1) is 43.2. The number of hydrogen-bond acceptors (Lipinski definition) is 9. The summed E-state index contributed by atoms with van der Waals surface area (Å²) in [6, 6.07) is 12.9. The third-order valence-corrected chi connectivity index (χ3v) is 12.3. The highest BCUT2D eigenvalue weighted by Gasteiger charge is 2.43. The Hall–Kier alpha value is -4.95. The minimum atomic E-state index is -0.969. The molecule has 14 heteroatoms. The molecule has 0 spiro atoms. The van der Waals surface area contributed by atoms with Gasteiger partial charge in [-0.25, -0.2) is 4.98 Å². The van der Waals surface area contributed by atoms with Crippen molar-refractivity contribution in [2.24, 2.45) is 17.8 Å². The van der Waals surface area contributed by atoms with Crippen LogP contribution in [-0.2, 0) is 20.8 Å². The van der Waals surface area contributed by atoms with Gasteiger partial charge in [-0.05, 0) is 75.2 Å². The molecular weight excluding hydrogens is 745 g/mol. The van der Waals surface area contributed by atoms with Gasteiger partial charge in [0, 0.05) is 17.5 Å². The zero-order valence-corrected chi connectivity index (χ0v) is 34.5. The van der Waals surface area contributed by atoms with E-state index in [1.54, 1.807) is 36.6 Å². The summed E-state index contributed by atoms with van der Waals surface area (Å²) in [5, 5.41) is 20.7. The highest BCUT2D eigenvalue weighted by molar-refractivity contribution is 7.10. The van der Waals surface area contributed by atoms with E-state index in [0.29, 0.717) is 17.8 Å². The number of benzene rings is 2. The number of likely N-dealkylation sites (tertiary alicyclic amines) is 1. The first-order valence-electron chi connectivity index (χ1n) is 20.0. The quantitative estimate of drug-likeness (QED) is 0.121. The van der Waals surface area contributed by atoms with Gasteiger partial charge in [-0.15, -0.1) is 11.3 Å². The Morgan fingerprint density at radius 1 is 0.895 bits per heavy atom. The topological polar surface area (TPSA) is 178 Å². The molecule has 0 radical (unpaired) electrons. The lowest BCUT2D eigenvalue weighted by molar-refractivity contribution is -0.141. The smallest absolute Gasteiger partial charge is 0.306 e. The molecular formula is C43H56N6O7S. The van der Waals surface area contributed by atoms with Crippen molar-refractivity contribution in [2.75, 3.05) is 13.6 Å². The summed E-state index contributed by atoms with van der Waals surface area (Å²) in [4.78, 5) is 89.0. The maximum Gasteiger partial charge on any atom is 0.306 e. The van der Waals surface area contributed by atoms with Gasteiger partial charge in [0.25, 0.3) is 17.7 Å². The average Bonchev–Trinajstić information content (AvgIpc) is 3.78. The van der Waals surface area contributed by atoms with Gasteiger partial charge in [-0.1, -0.05) is 89.9 Å². The van der Waals surface area contributed by atoms with Crippen LogP contribution in [0.3, 0.4) is 0 Å². The summed E-state index contributed by atoms with van der Waals surface area (Å²) in [7, 11) is 1.92. The second-order valence-electron chi connectivity index (χ2n) is 15.9. The molecule has 1 unspecified atom stereocenters. The van der Waals surface area contributed by atoms with E-state index in [0.717, 1.165) is 42.7 Å². The molecule has 2 aliphatic rings. The number of likely N-dealkylation sites (N-methyl/N-ethyl adjacent to an activating group) is 1. The Bertz CT molecular complexity index is 1880. The van der Waals surface area contributed by atoms with Crippen molar-refractivity contribution >= 4 is 46.8 Å². The molecule has 13 nitrogen and oxygen atoms in total. The Morgan fingerprint density at radius 2 is 1.54 bits per heavy atom. The van der Waals surface area contributed by atoms with Gasteiger partial charge in [-0.3, -0.25) is 38.6 Å². The van der Waals surface area contributed by atoms with Crippen LogP contribution in [-0.4, -0.2) is 93.2 Å². The summed E-state index contributed by atoms with van der Waals surface area (Å²) < 4.78 is 0. The molecule has 3 heterocycles. The molecule has 1 saturated heterocycles. The molecule has 2 aliphatic heterocycles. The molecule has 0 bridgehead atoms. The number of imide groups is 1. The normalized spacial score (nSPS) is 18.9. The zero-order valence-electron chi connectivity index (χ0n) is 33.7. The van der Waals surface area contributed by atoms with Crippen molar-refractivity contribution in [3.8, 4) is 0 Å². The number of piperidine rings is 1. The monoisotopic (exact) mass is 800 g/mol. The lowest BCUT2D eigenvalue weighted by atomic mass is 9.93. The van der Waals surface area contributed by atoms with E-state index in [9.17, 15) is 33.9 Å². The predicted octanol–water partition coefficient (Wildman–Crippen LogP) is 5.48. The number of carbonyl (C=O) groups is 6. The third-order valence-electron chi connectivity index (χ3n) is 11.4. The number of aliphatic carboxylic acids is 1. The van der Waals surface area contributed by atoms with E-state index in [-0.39, 0.29) is 59.4 Å². The third kappa shape index (κ3) is 10.5. The number of hydrogen-bond donors (Lipinski definition) is 4. The van der Waals surface area contributed by atoms with Crippen LogP contribution >= 0.6 is 11.3 Å². The van der Waals surface area contributed by atoms with Gasteiger partial charge in [0.1, 0.15) is 16.7 Å². The van der Waals surface area contributed by atoms with Crippen LogP contribution in [0.5, 0.6) is 0 Å². The van der Waals surface area contributed by atoms with E-state index in [4.69, 9.17) is 4.98 Å². The number of nitrogens with zero attached hydrogens (tertiary/aromatic N) is 3. The zero-order chi connectivity index (χ0) is 41.4. The van der Waals surface area contributed by atoms with E-state index in [1.165, 1.54) is 4.90 Å². The molecule has 5 rings (SSSR count). The van der Waals surface area contributed by atoms with Gasteiger partial charge < -0.3 is 21.1 Å². The minimum Gasteiger partial charge on any atom is -0.481 e. The van der Waals surface area contributed by atoms with Gasteiger partial charge in [-0.2, -0.15) is 0 Å². The fraction of sp³-hybridized carbons (Fsp3) is 0.512. The van der Waals surface area contributed by atoms with E-state index in [2.05, 4.69) is 16.0 Å². The molecule has 1 aromatic heterocycles. The summed E-state index contributed by atoms with van der Waals surface area (Å²) in [6.45, 7) is 10.2. The van der Waals surface area contributed by atoms with E-state index >= 15 is 0 Å². The van der Waals surface area contributed by atoms with E-state index in [1.807, 2.05) is 70.0 Å². The van der Waals surface area contributed by atoms with Crippen LogP contribution in [0.15, 0.2) is 60.0 Å². The highest BCUT2D eigenvalue weighted by atomic mass is 32.1. The van der Waals surface area contributed by atoms with Crippen LogP contribution in [0, 0.1) is 17.8 Å². The van der Waals surface area contributed by atoms with Crippen molar-refractivity contribution in [3.05, 3.63) is 87.4 Å².